The Labute approximate surface area is 102 Å². The highest BCUT2D eigenvalue weighted by atomic mass is 32.2. The van der Waals surface area contributed by atoms with E-state index in [1.165, 1.54) is 0 Å². The minimum atomic E-state index is 0.135. The molecular weight excluding hydrogens is 218 g/mol. The number of aromatic nitrogens is 1. The molecule has 0 aliphatic carbocycles. The van der Waals surface area contributed by atoms with Gasteiger partial charge in [-0.3, -0.25) is 4.98 Å². The van der Waals surface area contributed by atoms with Crippen LogP contribution < -0.4 is 11.5 Å². The molecule has 0 saturated carbocycles. The van der Waals surface area contributed by atoms with Gasteiger partial charge in [-0.15, -0.1) is 0 Å². The lowest BCUT2D eigenvalue weighted by Crippen LogP contribution is -2.28. The predicted octanol–water partition coefficient (Wildman–Crippen LogP) is 2.07. The molecule has 0 saturated heterocycles. The Morgan fingerprint density at radius 3 is 2.69 bits per heavy atom. The molecule has 16 heavy (non-hydrogen) atoms. The second kappa shape index (κ2) is 5.55. The van der Waals surface area contributed by atoms with Gasteiger partial charge in [0.1, 0.15) is 0 Å². The van der Waals surface area contributed by atoms with Crippen LogP contribution >= 0.6 is 11.8 Å². The maximum atomic E-state index is 6.08. The minimum absolute atomic E-state index is 0.135. The van der Waals surface area contributed by atoms with Crippen molar-refractivity contribution >= 4 is 17.4 Å². The van der Waals surface area contributed by atoms with Gasteiger partial charge in [0.25, 0.3) is 0 Å². The highest BCUT2D eigenvalue weighted by molar-refractivity contribution is 8.00. The third-order valence-corrected chi connectivity index (χ3v) is 3.61. The first kappa shape index (κ1) is 13.3. The number of nitrogen functional groups attached to an aromatic ring is 1. The number of nitrogens with two attached hydrogens (primary N) is 2. The quantitative estimate of drug-likeness (QED) is 0.844. The number of thioether (sulfide) groups is 1. The molecule has 90 valence electrons. The summed E-state index contributed by atoms with van der Waals surface area (Å²) in [4.78, 5) is 4.07. The van der Waals surface area contributed by atoms with Crippen molar-refractivity contribution in [3.8, 4) is 0 Å². The molecule has 1 heterocycles. The minimum Gasteiger partial charge on any atom is -0.398 e. The molecule has 4 heteroatoms. The van der Waals surface area contributed by atoms with Crippen molar-refractivity contribution in [2.24, 2.45) is 5.73 Å². The van der Waals surface area contributed by atoms with Gasteiger partial charge in [0.15, 0.2) is 0 Å². The lowest BCUT2D eigenvalue weighted by atomic mass is 10.1. The summed E-state index contributed by atoms with van der Waals surface area (Å²) in [6, 6.07) is 1.95. The number of nitrogens with zero attached hydrogens (tertiary/aromatic N) is 1. The van der Waals surface area contributed by atoms with E-state index >= 15 is 0 Å². The normalized spacial score (nSPS) is 13.8. The van der Waals surface area contributed by atoms with Gasteiger partial charge in [-0.05, 0) is 18.1 Å². The van der Waals surface area contributed by atoms with E-state index < -0.39 is 0 Å². The summed E-state index contributed by atoms with van der Waals surface area (Å²) in [5, 5.41) is 0. The van der Waals surface area contributed by atoms with Crippen LogP contribution in [0.1, 0.15) is 26.3 Å². The molecule has 1 rings (SSSR count). The van der Waals surface area contributed by atoms with E-state index in [2.05, 4.69) is 25.8 Å². The molecule has 0 aromatic carbocycles. The van der Waals surface area contributed by atoms with Crippen LogP contribution in [0.2, 0.25) is 0 Å². The van der Waals surface area contributed by atoms with Crippen molar-refractivity contribution in [1.29, 1.82) is 0 Å². The Morgan fingerprint density at radius 2 is 2.12 bits per heavy atom. The molecule has 1 aromatic rings. The molecule has 0 fully saturated rings. The third-order valence-electron chi connectivity index (χ3n) is 2.15. The van der Waals surface area contributed by atoms with Crippen molar-refractivity contribution in [2.75, 3.05) is 11.5 Å². The van der Waals surface area contributed by atoms with Crippen molar-refractivity contribution in [1.82, 2.24) is 4.98 Å². The lowest BCUT2D eigenvalue weighted by molar-refractivity contribution is 0.733. The summed E-state index contributed by atoms with van der Waals surface area (Å²) in [5.41, 5.74) is 13.8. The Kier molecular flexibility index (Phi) is 4.62. The number of rotatable bonds is 4. The Balaban J connectivity index is 2.46. The smallest absolute Gasteiger partial charge is 0.0378 e. The van der Waals surface area contributed by atoms with Gasteiger partial charge in [-0.25, -0.2) is 0 Å². The molecule has 0 bridgehead atoms. The molecule has 0 spiro atoms. The second-order valence-corrected chi connectivity index (χ2v) is 6.81. The molecule has 0 radical (unpaired) electrons. The molecule has 1 unspecified atom stereocenters. The largest absolute Gasteiger partial charge is 0.398 e. The van der Waals surface area contributed by atoms with Crippen molar-refractivity contribution in [2.45, 2.75) is 38.0 Å². The summed E-state index contributed by atoms with van der Waals surface area (Å²) < 4.78 is 0.262. The first-order valence-corrected chi connectivity index (χ1v) is 6.45. The lowest BCUT2D eigenvalue weighted by Gasteiger charge is -2.20. The fourth-order valence-corrected chi connectivity index (χ4v) is 2.14. The monoisotopic (exact) mass is 239 g/mol. The number of anilines is 1. The molecule has 0 aliphatic rings. The molecule has 0 aliphatic heterocycles. The van der Waals surface area contributed by atoms with E-state index in [0.717, 1.165) is 23.4 Å². The summed E-state index contributed by atoms with van der Waals surface area (Å²) >= 11 is 1.88. The van der Waals surface area contributed by atoms with Crippen LogP contribution in [0.3, 0.4) is 0 Å². The van der Waals surface area contributed by atoms with Gasteiger partial charge in [0.05, 0.1) is 0 Å². The van der Waals surface area contributed by atoms with Gasteiger partial charge >= 0.3 is 0 Å². The molecule has 4 N–H and O–H groups in total. The summed E-state index contributed by atoms with van der Waals surface area (Å²) in [6.07, 6.45) is 4.30. The predicted molar refractivity (Wildman–Crippen MR) is 72.5 cm³/mol. The van der Waals surface area contributed by atoms with Crippen LogP contribution in [0.25, 0.3) is 0 Å². The van der Waals surface area contributed by atoms with Crippen LogP contribution in [0.5, 0.6) is 0 Å². The molecular formula is C12H21N3S. The number of hydrogen-bond acceptors (Lipinski definition) is 4. The first-order valence-electron chi connectivity index (χ1n) is 5.46. The molecule has 1 atom stereocenters. The summed E-state index contributed by atoms with van der Waals surface area (Å²) in [7, 11) is 0. The maximum absolute atomic E-state index is 6.08. The van der Waals surface area contributed by atoms with Crippen LogP contribution in [0, 0.1) is 0 Å². The third kappa shape index (κ3) is 4.86. The van der Waals surface area contributed by atoms with Gasteiger partial charge in [-0.2, -0.15) is 11.8 Å². The van der Waals surface area contributed by atoms with E-state index in [0.29, 0.717) is 0 Å². The highest BCUT2D eigenvalue weighted by Crippen LogP contribution is 2.24. The van der Waals surface area contributed by atoms with Gasteiger partial charge < -0.3 is 11.5 Å². The van der Waals surface area contributed by atoms with E-state index in [1.54, 1.807) is 12.4 Å². The van der Waals surface area contributed by atoms with E-state index in [-0.39, 0.29) is 10.8 Å². The Morgan fingerprint density at radius 1 is 1.44 bits per heavy atom. The van der Waals surface area contributed by atoms with Crippen molar-refractivity contribution < 1.29 is 0 Å². The number of pyridine rings is 1. The average molecular weight is 239 g/mol. The van der Waals surface area contributed by atoms with Crippen LogP contribution in [-0.2, 0) is 6.42 Å². The Hall–Kier alpha value is -0.740. The van der Waals surface area contributed by atoms with E-state index in [9.17, 15) is 0 Å². The van der Waals surface area contributed by atoms with Crippen molar-refractivity contribution in [3.63, 3.8) is 0 Å². The average Bonchev–Trinajstić information content (AvgIpc) is 2.18. The first-order chi connectivity index (χ1) is 7.38. The second-order valence-electron chi connectivity index (χ2n) is 4.96. The summed E-state index contributed by atoms with van der Waals surface area (Å²) in [5.74, 6) is 0.942. The molecule has 0 amide bonds. The number of hydrogen-bond donors (Lipinski definition) is 2. The van der Waals surface area contributed by atoms with Gasteiger partial charge in [0.2, 0.25) is 0 Å². The fraction of sp³-hybridized carbons (Fsp3) is 0.583. The van der Waals surface area contributed by atoms with Crippen LogP contribution in [0.15, 0.2) is 18.5 Å². The zero-order chi connectivity index (χ0) is 12.2. The highest BCUT2D eigenvalue weighted by Gasteiger charge is 2.14. The zero-order valence-electron chi connectivity index (χ0n) is 10.2. The topological polar surface area (TPSA) is 64.9 Å². The van der Waals surface area contributed by atoms with Crippen LogP contribution in [0.4, 0.5) is 5.69 Å². The van der Waals surface area contributed by atoms with Crippen LogP contribution in [-0.4, -0.2) is 21.5 Å². The zero-order valence-corrected chi connectivity index (χ0v) is 11.1. The maximum Gasteiger partial charge on any atom is 0.0378 e. The van der Waals surface area contributed by atoms with E-state index in [4.69, 9.17) is 11.5 Å². The van der Waals surface area contributed by atoms with Gasteiger partial charge in [-0.1, -0.05) is 20.8 Å². The SMILES string of the molecule is CC(C)(C)SCC(N)Cc1cnccc1N. The standard InChI is InChI=1S/C12H21N3S/c1-12(2,3)16-8-10(13)6-9-7-15-5-4-11(9)14/h4-5,7,10H,6,8,13H2,1-3H3,(H2,14,15). The van der Waals surface area contributed by atoms with Gasteiger partial charge in [0, 0.05) is 34.6 Å². The summed E-state index contributed by atoms with van der Waals surface area (Å²) in [6.45, 7) is 6.59. The molecule has 1 aromatic heterocycles. The van der Waals surface area contributed by atoms with Crippen molar-refractivity contribution in [3.05, 3.63) is 24.0 Å². The molecule has 3 nitrogen and oxygen atoms in total. The van der Waals surface area contributed by atoms with E-state index in [1.807, 2.05) is 17.8 Å². The fourth-order valence-electron chi connectivity index (χ4n) is 1.31. The Bertz CT molecular complexity index is 333.